The predicted octanol–water partition coefficient (Wildman–Crippen LogP) is -0.824. The minimum atomic E-state index is -0.447. The third-order valence-electron chi connectivity index (χ3n) is 2.03. The lowest BCUT2D eigenvalue weighted by molar-refractivity contribution is -0.120. The average Bonchev–Trinajstić information content (AvgIpc) is 2.72. The van der Waals surface area contributed by atoms with Gasteiger partial charge in [0.05, 0.1) is 6.54 Å². The van der Waals surface area contributed by atoms with Crippen molar-refractivity contribution >= 4 is 11.8 Å². The van der Waals surface area contributed by atoms with E-state index in [-0.39, 0.29) is 24.2 Å². The number of aryl methyl sites for hydroxylation is 1. The fraction of sp³-hybridized carbons (Fsp3) is 0.500. The van der Waals surface area contributed by atoms with Crippen molar-refractivity contribution in [3.8, 4) is 0 Å². The molecule has 0 fully saturated rings. The van der Waals surface area contributed by atoms with E-state index in [9.17, 15) is 9.59 Å². The number of carbonyl (C=O) groups excluding carboxylic acids is 2. The van der Waals surface area contributed by atoms with Gasteiger partial charge in [-0.05, 0) is 13.8 Å². The first-order valence-electron chi connectivity index (χ1n) is 5.24. The highest BCUT2D eigenvalue weighted by Gasteiger charge is 2.12. The third-order valence-corrected chi connectivity index (χ3v) is 2.03. The van der Waals surface area contributed by atoms with Crippen LogP contribution < -0.4 is 16.4 Å². The highest BCUT2D eigenvalue weighted by atomic mass is 16.5. The highest BCUT2D eigenvalue weighted by Crippen LogP contribution is 2.00. The van der Waals surface area contributed by atoms with Crippen LogP contribution in [-0.2, 0) is 4.79 Å². The molecule has 0 radical (unpaired) electrons. The van der Waals surface area contributed by atoms with Crippen LogP contribution >= 0.6 is 0 Å². The Morgan fingerprint density at radius 3 is 2.82 bits per heavy atom. The van der Waals surface area contributed by atoms with Crippen molar-refractivity contribution in [2.24, 2.45) is 5.73 Å². The molecule has 2 amide bonds. The molecular weight excluding hydrogens is 224 g/mol. The van der Waals surface area contributed by atoms with Crippen molar-refractivity contribution in [2.45, 2.75) is 19.9 Å². The Morgan fingerprint density at radius 2 is 2.29 bits per heavy atom. The highest BCUT2D eigenvalue weighted by molar-refractivity contribution is 5.94. The molecule has 7 heteroatoms. The molecular formula is C10H16N4O3. The van der Waals surface area contributed by atoms with Crippen molar-refractivity contribution < 1.29 is 14.1 Å². The summed E-state index contributed by atoms with van der Waals surface area (Å²) in [6.07, 6.45) is 0. The Morgan fingerprint density at radius 1 is 1.59 bits per heavy atom. The summed E-state index contributed by atoms with van der Waals surface area (Å²) >= 11 is 0. The van der Waals surface area contributed by atoms with Gasteiger partial charge in [-0.2, -0.15) is 0 Å². The van der Waals surface area contributed by atoms with Gasteiger partial charge in [0.2, 0.25) is 5.91 Å². The van der Waals surface area contributed by atoms with E-state index in [1.165, 1.54) is 6.07 Å². The number of nitrogens with two attached hydrogens (primary N) is 1. The van der Waals surface area contributed by atoms with Gasteiger partial charge in [0.25, 0.3) is 5.91 Å². The standard InChI is InChI=1S/C10H16N4O3/c1-6(4-11)13-9(15)5-12-10(16)8-3-7(2)17-14-8/h3,6H,4-5,11H2,1-2H3,(H,12,16)(H,13,15). The first-order valence-corrected chi connectivity index (χ1v) is 5.24. The number of nitrogens with zero attached hydrogens (tertiary/aromatic N) is 1. The number of amides is 2. The summed E-state index contributed by atoms with van der Waals surface area (Å²) in [5.74, 6) is -0.203. The predicted molar refractivity (Wildman–Crippen MR) is 60.2 cm³/mol. The average molecular weight is 240 g/mol. The van der Waals surface area contributed by atoms with Gasteiger partial charge in [0.15, 0.2) is 5.69 Å². The van der Waals surface area contributed by atoms with Crippen molar-refractivity contribution in [1.29, 1.82) is 0 Å². The SMILES string of the molecule is Cc1cc(C(=O)NCC(=O)NC(C)CN)no1. The van der Waals surface area contributed by atoms with Crippen LogP contribution in [-0.4, -0.2) is 36.1 Å². The summed E-state index contributed by atoms with van der Waals surface area (Å²) in [6.45, 7) is 3.69. The molecule has 1 aromatic heterocycles. The van der Waals surface area contributed by atoms with Gasteiger partial charge in [-0.3, -0.25) is 9.59 Å². The lowest BCUT2D eigenvalue weighted by Crippen LogP contribution is -2.43. The molecule has 1 atom stereocenters. The van der Waals surface area contributed by atoms with Crippen molar-refractivity contribution in [3.05, 3.63) is 17.5 Å². The minimum absolute atomic E-state index is 0.116. The molecule has 0 aromatic carbocycles. The number of hydrogen-bond acceptors (Lipinski definition) is 5. The maximum absolute atomic E-state index is 11.5. The summed E-state index contributed by atoms with van der Waals surface area (Å²) in [5, 5.41) is 8.58. The smallest absolute Gasteiger partial charge is 0.273 e. The van der Waals surface area contributed by atoms with Crippen LogP contribution in [0.25, 0.3) is 0 Å². The van der Waals surface area contributed by atoms with Crippen molar-refractivity contribution in [3.63, 3.8) is 0 Å². The molecule has 0 aliphatic carbocycles. The Labute approximate surface area is 98.7 Å². The van der Waals surface area contributed by atoms with Crippen LogP contribution in [0.15, 0.2) is 10.6 Å². The first kappa shape index (κ1) is 13.2. The number of hydrogen-bond donors (Lipinski definition) is 3. The van der Waals surface area contributed by atoms with Crippen LogP contribution in [0, 0.1) is 6.92 Å². The quantitative estimate of drug-likeness (QED) is 0.622. The molecule has 1 aromatic rings. The van der Waals surface area contributed by atoms with E-state index in [0.29, 0.717) is 12.3 Å². The maximum Gasteiger partial charge on any atom is 0.273 e. The number of nitrogens with one attached hydrogen (secondary N) is 2. The van der Waals surface area contributed by atoms with Crippen molar-refractivity contribution in [2.75, 3.05) is 13.1 Å². The molecule has 94 valence electrons. The summed E-state index contributed by atoms with van der Waals surface area (Å²) in [5.41, 5.74) is 5.50. The van der Waals surface area contributed by atoms with Crippen LogP contribution in [0.4, 0.5) is 0 Å². The molecule has 1 rings (SSSR count). The summed E-state index contributed by atoms with van der Waals surface area (Å²) in [6, 6.07) is 1.38. The Bertz CT molecular complexity index is 402. The Balaban J connectivity index is 2.36. The molecule has 7 nitrogen and oxygen atoms in total. The van der Waals surface area contributed by atoms with E-state index in [1.807, 2.05) is 0 Å². The second-order valence-electron chi connectivity index (χ2n) is 3.71. The van der Waals surface area contributed by atoms with Gasteiger partial charge in [0.1, 0.15) is 5.76 Å². The number of carbonyl (C=O) groups is 2. The van der Waals surface area contributed by atoms with Gasteiger partial charge in [0, 0.05) is 18.7 Å². The molecule has 4 N–H and O–H groups in total. The van der Waals surface area contributed by atoms with Crippen LogP contribution in [0.3, 0.4) is 0 Å². The van der Waals surface area contributed by atoms with Crippen LogP contribution in [0.2, 0.25) is 0 Å². The molecule has 17 heavy (non-hydrogen) atoms. The normalized spacial score (nSPS) is 11.9. The van der Waals surface area contributed by atoms with E-state index in [1.54, 1.807) is 13.8 Å². The summed E-state index contributed by atoms with van der Waals surface area (Å²) < 4.78 is 4.75. The van der Waals surface area contributed by atoms with E-state index < -0.39 is 5.91 Å². The van der Waals surface area contributed by atoms with Gasteiger partial charge in [-0.25, -0.2) is 0 Å². The van der Waals surface area contributed by atoms with E-state index >= 15 is 0 Å². The van der Waals surface area contributed by atoms with Gasteiger partial charge < -0.3 is 20.9 Å². The van der Waals surface area contributed by atoms with E-state index in [0.717, 1.165) is 0 Å². The molecule has 0 saturated heterocycles. The molecule has 0 aliphatic rings. The third kappa shape index (κ3) is 4.23. The molecule has 0 spiro atoms. The fourth-order valence-corrected chi connectivity index (χ4v) is 1.11. The summed E-state index contributed by atoms with van der Waals surface area (Å²) in [4.78, 5) is 22.8. The topological polar surface area (TPSA) is 110 Å². The Kier molecular flexibility index (Phi) is 4.65. The number of rotatable bonds is 5. The second-order valence-corrected chi connectivity index (χ2v) is 3.71. The fourth-order valence-electron chi connectivity index (χ4n) is 1.11. The molecule has 0 bridgehead atoms. The van der Waals surface area contributed by atoms with E-state index in [4.69, 9.17) is 10.3 Å². The van der Waals surface area contributed by atoms with Crippen LogP contribution in [0.1, 0.15) is 23.2 Å². The zero-order valence-corrected chi connectivity index (χ0v) is 9.82. The van der Waals surface area contributed by atoms with Gasteiger partial charge in [-0.1, -0.05) is 5.16 Å². The minimum Gasteiger partial charge on any atom is -0.361 e. The monoisotopic (exact) mass is 240 g/mol. The van der Waals surface area contributed by atoms with Gasteiger partial charge >= 0.3 is 0 Å². The van der Waals surface area contributed by atoms with Gasteiger partial charge in [-0.15, -0.1) is 0 Å². The largest absolute Gasteiger partial charge is 0.361 e. The first-order chi connectivity index (χ1) is 8.02. The number of aromatic nitrogens is 1. The van der Waals surface area contributed by atoms with E-state index in [2.05, 4.69) is 15.8 Å². The van der Waals surface area contributed by atoms with Crippen LogP contribution in [0.5, 0.6) is 0 Å². The molecule has 0 aliphatic heterocycles. The molecule has 0 saturated carbocycles. The lowest BCUT2D eigenvalue weighted by atomic mass is 10.3. The maximum atomic E-state index is 11.5. The zero-order valence-electron chi connectivity index (χ0n) is 9.82. The molecule has 1 unspecified atom stereocenters. The zero-order chi connectivity index (χ0) is 12.8. The lowest BCUT2D eigenvalue weighted by Gasteiger charge is -2.11. The molecule has 1 heterocycles. The second kappa shape index (κ2) is 6.00. The Hall–Kier alpha value is -1.89. The summed E-state index contributed by atoms with van der Waals surface area (Å²) in [7, 11) is 0. The van der Waals surface area contributed by atoms with Crippen molar-refractivity contribution in [1.82, 2.24) is 15.8 Å².